The second-order valence-corrected chi connectivity index (χ2v) is 2.13. The van der Waals surface area contributed by atoms with Gasteiger partial charge in [0.2, 0.25) is 0 Å². The Morgan fingerprint density at radius 3 is 2.14 bits per heavy atom. The molecule has 0 nitrogen and oxygen atoms in total. The number of allylic oxidation sites excluding steroid dienone is 2. The molecule has 0 saturated heterocycles. The minimum absolute atomic E-state index is 1.19. The van der Waals surface area contributed by atoms with Gasteiger partial charge in [-0.2, -0.15) is 0 Å². The Morgan fingerprint density at radius 1 is 1.43 bits per heavy atom. The normalized spacial score (nSPS) is 13.3. The van der Waals surface area contributed by atoms with Crippen molar-refractivity contribution in [3.8, 4) is 0 Å². The predicted octanol–water partition coefficient (Wildman–Crippen LogP) is 3.19. The summed E-state index contributed by atoms with van der Waals surface area (Å²) in [5, 5.41) is 0. The Labute approximate surface area is 60.6 Å². The van der Waals surface area contributed by atoms with E-state index in [4.69, 9.17) is 0 Å². The van der Waals surface area contributed by atoms with Gasteiger partial charge in [-0.1, -0.05) is 37.9 Å². The van der Waals surface area contributed by atoms with E-state index in [1.807, 2.05) is 23.0 Å². The third-order valence-corrected chi connectivity index (χ3v) is 1.48. The molecule has 0 radical (unpaired) electrons. The summed E-state index contributed by atoms with van der Waals surface area (Å²) in [7, 11) is 0. The van der Waals surface area contributed by atoms with Crippen LogP contribution in [0.1, 0.15) is 6.92 Å². The highest BCUT2D eigenvalue weighted by Crippen LogP contribution is 1.99. The Bertz CT molecular complexity index is 92.3. The van der Waals surface area contributed by atoms with Crippen LogP contribution in [-0.4, -0.2) is 0 Å². The van der Waals surface area contributed by atoms with E-state index in [9.17, 15) is 0 Å². The Kier molecular flexibility index (Phi) is 4.88. The van der Waals surface area contributed by atoms with Crippen molar-refractivity contribution in [2.24, 2.45) is 0 Å². The molecule has 0 rings (SSSR count). The first kappa shape index (κ1) is 7.44. The molecule has 0 aromatic rings. The lowest BCUT2D eigenvalue weighted by molar-refractivity contribution is 1.57. The van der Waals surface area contributed by atoms with E-state index in [-0.39, 0.29) is 0 Å². The largest absolute Gasteiger partial charge is 0.0595 e. The maximum atomic E-state index is 3.18. The first-order valence-corrected chi connectivity index (χ1v) is 3.68. The highest BCUT2D eigenvalue weighted by atomic mass is 79.9. The fraction of sp³-hybridized carbons (Fsp3) is 0.200. The zero-order valence-corrected chi connectivity index (χ0v) is 7.16. The van der Waals surface area contributed by atoms with Gasteiger partial charge in [0.1, 0.15) is 0 Å². The molecule has 0 N–H and O–H groups in total. The standard InChI is InChI=1S/C5H6Br2/c1-5(4-7)2-3-6/h2-4H,1H3/b3-2+,5-4+. The lowest BCUT2D eigenvalue weighted by Gasteiger charge is -1.79. The molecule has 0 aromatic heterocycles. The number of rotatable bonds is 1. The van der Waals surface area contributed by atoms with Crippen molar-refractivity contribution >= 4 is 31.9 Å². The average Bonchev–Trinajstić information content (AvgIpc) is 1.68. The molecule has 0 aliphatic carbocycles. The molecular formula is C5H6Br2. The molecule has 0 spiro atoms. The smallest absolute Gasteiger partial charge is 0.0159 e. The Balaban J connectivity index is 3.58. The van der Waals surface area contributed by atoms with Gasteiger partial charge in [0, 0.05) is 0 Å². The number of hydrogen-bond acceptors (Lipinski definition) is 0. The first-order valence-electron chi connectivity index (χ1n) is 1.85. The van der Waals surface area contributed by atoms with Gasteiger partial charge in [-0.15, -0.1) is 0 Å². The van der Waals surface area contributed by atoms with E-state index in [1.54, 1.807) is 0 Å². The van der Waals surface area contributed by atoms with E-state index in [0.29, 0.717) is 0 Å². The van der Waals surface area contributed by atoms with Gasteiger partial charge >= 0.3 is 0 Å². The summed E-state index contributed by atoms with van der Waals surface area (Å²) in [4.78, 5) is 3.69. The van der Waals surface area contributed by atoms with E-state index < -0.39 is 0 Å². The van der Waals surface area contributed by atoms with Gasteiger partial charge < -0.3 is 0 Å². The summed E-state index contributed by atoms with van der Waals surface area (Å²) < 4.78 is 0. The van der Waals surface area contributed by atoms with Crippen LogP contribution in [0.25, 0.3) is 0 Å². The summed E-state index contributed by atoms with van der Waals surface area (Å²) >= 11 is 6.33. The fourth-order valence-electron chi connectivity index (χ4n) is 0.136. The van der Waals surface area contributed by atoms with Crippen molar-refractivity contribution in [3.63, 3.8) is 0 Å². The van der Waals surface area contributed by atoms with E-state index >= 15 is 0 Å². The molecule has 0 aliphatic heterocycles. The number of halogens is 2. The minimum atomic E-state index is 1.19. The van der Waals surface area contributed by atoms with Crippen LogP contribution in [0.4, 0.5) is 0 Å². The highest BCUT2D eigenvalue weighted by molar-refractivity contribution is 9.11. The van der Waals surface area contributed by atoms with Crippen molar-refractivity contribution in [1.82, 2.24) is 0 Å². The van der Waals surface area contributed by atoms with Crippen LogP contribution in [-0.2, 0) is 0 Å². The Hall–Kier alpha value is 0.440. The zero-order chi connectivity index (χ0) is 5.70. The monoisotopic (exact) mass is 224 g/mol. The van der Waals surface area contributed by atoms with Crippen LogP contribution in [0.15, 0.2) is 21.6 Å². The number of hydrogen-bond donors (Lipinski definition) is 0. The molecule has 0 fully saturated rings. The average molecular weight is 226 g/mol. The molecular weight excluding hydrogens is 220 g/mol. The van der Waals surface area contributed by atoms with Crippen LogP contribution in [0.5, 0.6) is 0 Å². The third-order valence-electron chi connectivity index (χ3n) is 0.498. The van der Waals surface area contributed by atoms with Gasteiger partial charge in [0.25, 0.3) is 0 Å². The molecule has 0 bridgehead atoms. The lowest BCUT2D eigenvalue weighted by atomic mass is 10.4. The first-order chi connectivity index (χ1) is 3.31. The molecule has 0 aromatic carbocycles. The highest BCUT2D eigenvalue weighted by Gasteiger charge is 1.71. The van der Waals surface area contributed by atoms with E-state index in [2.05, 4.69) is 31.9 Å². The summed E-state index contributed by atoms with van der Waals surface area (Å²) in [6.45, 7) is 2.01. The van der Waals surface area contributed by atoms with E-state index in [0.717, 1.165) is 0 Å². The zero-order valence-electron chi connectivity index (χ0n) is 3.99. The van der Waals surface area contributed by atoms with Crippen molar-refractivity contribution in [2.75, 3.05) is 0 Å². The van der Waals surface area contributed by atoms with E-state index in [1.165, 1.54) is 5.57 Å². The summed E-state index contributed by atoms with van der Waals surface area (Å²) in [6.07, 6.45) is 1.95. The van der Waals surface area contributed by atoms with Crippen LogP contribution in [0, 0.1) is 0 Å². The molecule has 7 heavy (non-hydrogen) atoms. The summed E-state index contributed by atoms with van der Waals surface area (Å²) in [5.74, 6) is 0. The van der Waals surface area contributed by atoms with Gasteiger partial charge in [0.15, 0.2) is 0 Å². The summed E-state index contributed by atoms with van der Waals surface area (Å²) in [6, 6.07) is 0. The maximum absolute atomic E-state index is 3.18. The van der Waals surface area contributed by atoms with Gasteiger partial charge in [0.05, 0.1) is 0 Å². The predicted molar refractivity (Wildman–Crippen MR) is 40.8 cm³/mol. The van der Waals surface area contributed by atoms with Gasteiger partial charge in [-0.05, 0) is 22.5 Å². The molecule has 0 heterocycles. The molecule has 0 amide bonds. The molecule has 40 valence electrons. The van der Waals surface area contributed by atoms with Crippen LogP contribution in [0.3, 0.4) is 0 Å². The molecule has 0 atom stereocenters. The molecule has 2 heteroatoms. The van der Waals surface area contributed by atoms with Crippen LogP contribution < -0.4 is 0 Å². The maximum Gasteiger partial charge on any atom is -0.0159 e. The topological polar surface area (TPSA) is 0 Å². The van der Waals surface area contributed by atoms with Gasteiger partial charge in [-0.25, -0.2) is 0 Å². The minimum Gasteiger partial charge on any atom is -0.0595 e. The van der Waals surface area contributed by atoms with Crippen molar-refractivity contribution in [1.29, 1.82) is 0 Å². The quantitative estimate of drug-likeness (QED) is 0.602. The van der Waals surface area contributed by atoms with Crippen molar-refractivity contribution < 1.29 is 0 Å². The lowest BCUT2D eigenvalue weighted by Crippen LogP contribution is -1.56. The summed E-state index contributed by atoms with van der Waals surface area (Å²) in [5.41, 5.74) is 1.19. The molecule has 0 saturated carbocycles. The van der Waals surface area contributed by atoms with Crippen LogP contribution in [0.2, 0.25) is 0 Å². The molecule has 0 unspecified atom stereocenters. The molecule has 0 aliphatic rings. The van der Waals surface area contributed by atoms with Crippen molar-refractivity contribution in [2.45, 2.75) is 6.92 Å². The van der Waals surface area contributed by atoms with Crippen LogP contribution >= 0.6 is 31.9 Å². The fourth-order valence-corrected chi connectivity index (χ4v) is 0.705. The SMILES string of the molecule is CC(/C=C/Br)=C\Br. The third kappa shape index (κ3) is 4.29. The Morgan fingerprint density at radius 2 is 2.00 bits per heavy atom. The van der Waals surface area contributed by atoms with Gasteiger partial charge in [-0.3, -0.25) is 0 Å². The second kappa shape index (κ2) is 4.60. The van der Waals surface area contributed by atoms with Crippen molar-refractivity contribution in [3.05, 3.63) is 21.6 Å². The second-order valence-electron chi connectivity index (χ2n) is 1.15.